The van der Waals surface area contributed by atoms with Crippen molar-refractivity contribution in [3.8, 4) is 5.88 Å². The summed E-state index contributed by atoms with van der Waals surface area (Å²) in [5.74, 6) is -0.131. The number of Topliss-reactive ketones (excluding diaryl/α,β-unsaturated/α-hetero) is 3. The van der Waals surface area contributed by atoms with Crippen molar-refractivity contribution in [1.29, 1.82) is 0 Å². The molecule has 4 rings (SSSR count). The summed E-state index contributed by atoms with van der Waals surface area (Å²) >= 11 is 0. The van der Waals surface area contributed by atoms with Gasteiger partial charge in [-0.3, -0.25) is 19.2 Å². The number of amides is 1. The first-order valence-electron chi connectivity index (χ1n) is 15.3. The molecule has 13 nitrogen and oxygen atoms in total. The monoisotopic (exact) mass is 643 g/mol. The fourth-order valence-corrected chi connectivity index (χ4v) is 4.53. The maximum Gasteiger partial charge on any atom is 0.253 e. The quantitative estimate of drug-likeness (QED) is 0.146. The standard InChI is InChI=1S/C34H41N7O6/c1-33(2,3)31(44)24-10-7-9-23(15-24)16-28(42)19-41-21-30(37-39-41)47-14-13-46-22-27-18-40(38-36-27)20-29(43)35-26-12-8-11-25(17-26)32(45)34(4,5)6/h7-12,15,17-18,21H,13-14,16,19-20,22H2,1-6H3,(H,35,43). The molecule has 1 amide bonds. The minimum atomic E-state index is -0.526. The Kier molecular flexibility index (Phi) is 11.1. The molecule has 2 heterocycles. The predicted octanol–water partition coefficient (Wildman–Crippen LogP) is 4.37. The van der Waals surface area contributed by atoms with E-state index in [1.165, 1.54) is 15.6 Å². The van der Waals surface area contributed by atoms with Crippen molar-refractivity contribution in [3.05, 3.63) is 83.3 Å². The number of carbonyl (C=O) groups excluding carboxylic acids is 4. The highest BCUT2D eigenvalue weighted by molar-refractivity contribution is 6.01. The largest absolute Gasteiger partial charge is 0.473 e. The molecule has 0 aliphatic heterocycles. The van der Waals surface area contributed by atoms with Crippen molar-refractivity contribution >= 4 is 28.9 Å². The third kappa shape index (κ3) is 10.5. The van der Waals surface area contributed by atoms with E-state index < -0.39 is 10.8 Å². The van der Waals surface area contributed by atoms with E-state index in [2.05, 4.69) is 25.9 Å². The topological polar surface area (TPSA) is 160 Å². The number of benzene rings is 2. The van der Waals surface area contributed by atoms with Crippen LogP contribution in [-0.2, 0) is 40.4 Å². The van der Waals surface area contributed by atoms with Crippen molar-refractivity contribution in [3.63, 3.8) is 0 Å². The Bertz CT molecular complexity index is 1600. The van der Waals surface area contributed by atoms with E-state index >= 15 is 0 Å². The second-order valence-electron chi connectivity index (χ2n) is 13.3. The zero-order valence-electron chi connectivity index (χ0n) is 27.6. The van der Waals surface area contributed by atoms with Gasteiger partial charge in [-0.15, -0.1) is 5.10 Å². The Balaban J connectivity index is 1.15. The summed E-state index contributed by atoms with van der Waals surface area (Å²) < 4.78 is 14.0. The van der Waals surface area contributed by atoms with Gasteiger partial charge in [0, 0.05) is 34.1 Å². The number of rotatable bonds is 15. The smallest absolute Gasteiger partial charge is 0.253 e. The van der Waals surface area contributed by atoms with E-state index in [4.69, 9.17) is 9.47 Å². The van der Waals surface area contributed by atoms with Gasteiger partial charge in [-0.1, -0.05) is 87.4 Å². The van der Waals surface area contributed by atoms with Crippen molar-refractivity contribution in [1.82, 2.24) is 30.0 Å². The maximum atomic E-state index is 12.6. The molecule has 0 atom stereocenters. The summed E-state index contributed by atoms with van der Waals surface area (Å²) in [6, 6.07) is 14.0. The Morgan fingerprint density at radius 1 is 0.766 bits per heavy atom. The second kappa shape index (κ2) is 15.0. The van der Waals surface area contributed by atoms with Crippen LogP contribution in [0.4, 0.5) is 5.69 Å². The van der Waals surface area contributed by atoms with Gasteiger partial charge >= 0.3 is 0 Å². The molecule has 0 fully saturated rings. The Labute approximate surface area is 273 Å². The van der Waals surface area contributed by atoms with Crippen LogP contribution < -0.4 is 10.1 Å². The minimum Gasteiger partial charge on any atom is -0.473 e. The summed E-state index contributed by atoms with van der Waals surface area (Å²) in [6.45, 7) is 11.7. The molecule has 47 heavy (non-hydrogen) atoms. The van der Waals surface area contributed by atoms with Gasteiger partial charge in [0.2, 0.25) is 5.91 Å². The average Bonchev–Trinajstić information content (AvgIpc) is 3.64. The summed E-state index contributed by atoms with van der Waals surface area (Å²) in [6.07, 6.45) is 3.31. The normalized spacial score (nSPS) is 11.7. The van der Waals surface area contributed by atoms with Gasteiger partial charge in [-0.05, 0) is 23.8 Å². The van der Waals surface area contributed by atoms with E-state index in [0.29, 0.717) is 22.5 Å². The van der Waals surface area contributed by atoms with Gasteiger partial charge in [0.25, 0.3) is 5.88 Å². The Morgan fingerprint density at radius 2 is 1.40 bits per heavy atom. The lowest BCUT2D eigenvalue weighted by Gasteiger charge is -2.17. The lowest BCUT2D eigenvalue weighted by atomic mass is 9.86. The van der Waals surface area contributed by atoms with Gasteiger partial charge in [0.1, 0.15) is 25.4 Å². The van der Waals surface area contributed by atoms with Gasteiger partial charge in [-0.2, -0.15) is 0 Å². The highest BCUT2D eigenvalue weighted by Gasteiger charge is 2.24. The Morgan fingerprint density at radius 3 is 2.11 bits per heavy atom. The zero-order valence-corrected chi connectivity index (χ0v) is 27.6. The van der Waals surface area contributed by atoms with Crippen LogP contribution in [0.5, 0.6) is 5.88 Å². The number of hydrogen-bond donors (Lipinski definition) is 1. The summed E-state index contributed by atoms with van der Waals surface area (Å²) in [5.41, 5.74) is 1.91. The van der Waals surface area contributed by atoms with Crippen molar-refractivity contribution in [2.24, 2.45) is 10.8 Å². The second-order valence-corrected chi connectivity index (χ2v) is 13.3. The number of nitrogens with zero attached hydrogens (tertiary/aromatic N) is 6. The van der Waals surface area contributed by atoms with Gasteiger partial charge in [0.05, 0.1) is 25.6 Å². The number of hydrogen-bond acceptors (Lipinski definition) is 10. The fourth-order valence-electron chi connectivity index (χ4n) is 4.53. The van der Waals surface area contributed by atoms with Crippen LogP contribution in [-0.4, -0.2) is 66.5 Å². The molecule has 0 aliphatic rings. The van der Waals surface area contributed by atoms with Crippen LogP contribution in [0.15, 0.2) is 60.9 Å². The van der Waals surface area contributed by atoms with Crippen LogP contribution in [0.3, 0.4) is 0 Å². The zero-order chi connectivity index (χ0) is 34.2. The molecule has 0 spiro atoms. The van der Waals surface area contributed by atoms with E-state index in [9.17, 15) is 19.2 Å². The molecule has 0 saturated heterocycles. The fraction of sp³-hybridized carbons (Fsp3) is 0.412. The molecule has 2 aromatic heterocycles. The van der Waals surface area contributed by atoms with Crippen LogP contribution in [0.25, 0.3) is 0 Å². The molecule has 0 bridgehead atoms. The highest BCUT2D eigenvalue weighted by Crippen LogP contribution is 2.23. The third-order valence-corrected chi connectivity index (χ3v) is 6.84. The third-order valence-electron chi connectivity index (χ3n) is 6.84. The van der Waals surface area contributed by atoms with E-state index in [0.717, 1.165) is 5.56 Å². The molecule has 1 N–H and O–H groups in total. The number of ether oxygens (including phenoxy) is 2. The summed E-state index contributed by atoms with van der Waals surface area (Å²) in [5, 5.41) is 18.7. The van der Waals surface area contributed by atoms with Crippen LogP contribution >= 0.6 is 0 Å². The molecule has 4 aromatic rings. The molecule has 0 saturated carbocycles. The van der Waals surface area contributed by atoms with Crippen LogP contribution in [0.2, 0.25) is 0 Å². The molecular weight excluding hydrogens is 602 g/mol. The lowest BCUT2D eigenvalue weighted by molar-refractivity contribution is -0.119. The summed E-state index contributed by atoms with van der Waals surface area (Å²) in [4.78, 5) is 50.3. The molecule has 13 heteroatoms. The van der Waals surface area contributed by atoms with Crippen molar-refractivity contribution < 1.29 is 28.7 Å². The lowest BCUT2D eigenvalue weighted by Crippen LogP contribution is -2.21. The van der Waals surface area contributed by atoms with Crippen molar-refractivity contribution in [2.75, 3.05) is 18.5 Å². The number of nitrogens with one attached hydrogen (secondary N) is 1. The SMILES string of the molecule is CC(C)(C)C(=O)c1cccc(CC(=O)Cn2cc(OCCOCc3cn(CC(=O)Nc4cccc(C(=O)C(C)(C)C)c4)nn3)nn2)c1. The van der Waals surface area contributed by atoms with Gasteiger partial charge < -0.3 is 14.8 Å². The molecule has 2 aromatic carbocycles. The van der Waals surface area contributed by atoms with E-state index in [1.54, 1.807) is 48.7 Å². The number of carbonyl (C=O) groups is 4. The van der Waals surface area contributed by atoms with Crippen LogP contribution in [0, 0.1) is 10.8 Å². The van der Waals surface area contributed by atoms with E-state index in [-0.39, 0.29) is 68.5 Å². The number of ketones is 3. The van der Waals surface area contributed by atoms with E-state index in [1.807, 2.05) is 47.6 Å². The Hall–Kier alpha value is -5.04. The molecule has 0 aliphatic carbocycles. The first-order chi connectivity index (χ1) is 22.2. The number of aromatic nitrogens is 6. The maximum absolute atomic E-state index is 12.6. The average molecular weight is 644 g/mol. The highest BCUT2D eigenvalue weighted by atomic mass is 16.5. The molecular formula is C34H41N7O6. The van der Waals surface area contributed by atoms with Gasteiger partial charge in [0.15, 0.2) is 17.3 Å². The van der Waals surface area contributed by atoms with Crippen molar-refractivity contribution in [2.45, 2.75) is 67.7 Å². The molecule has 0 radical (unpaired) electrons. The first-order valence-corrected chi connectivity index (χ1v) is 15.3. The number of anilines is 1. The minimum absolute atomic E-state index is 0.0106. The van der Waals surface area contributed by atoms with Crippen LogP contribution in [0.1, 0.15) is 73.5 Å². The summed E-state index contributed by atoms with van der Waals surface area (Å²) in [7, 11) is 0. The molecule has 0 unspecified atom stereocenters. The predicted molar refractivity (Wildman–Crippen MR) is 173 cm³/mol. The van der Waals surface area contributed by atoms with Gasteiger partial charge in [-0.25, -0.2) is 9.36 Å². The molecule has 248 valence electrons. The first kappa shape index (κ1) is 34.8.